The maximum absolute atomic E-state index is 13.5. The molecule has 2 aromatic carbocycles. The summed E-state index contributed by atoms with van der Waals surface area (Å²) in [4.78, 5) is 28.0. The fraction of sp³-hybridized carbons (Fsp3) is 0.500. The Morgan fingerprint density at radius 3 is 2.28 bits per heavy atom. The van der Waals surface area contributed by atoms with E-state index in [2.05, 4.69) is 5.32 Å². The van der Waals surface area contributed by atoms with Crippen LogP contribution in [0.2, 0.25) is 0 Å². The molecule has 0 spiro atoms. The zero-order valence-electron chi connectivity index (χ0n) is 23.5. The molecule has 0 aromatic heterocycles. The van der Waals surface area contributed by atoms with Gasteiger partial charge in [0.15, 0.2) is 11.5 Å². The van der Waals surface area contributed by atoms with Gasteiger partial charge in [-0.3, -0.25) is 13.9 Å². The number of benzene rings is 2. The molecule has 1 aliphatic rings. The van der Waals surface area contributed by atoms with E-state index in [1.54, 1.807) is 44.4 Å². The van der Waals surface area contributed by atoms with Gasteiger partial charge in [-0.1, -0.05) is 12.1 Å². The molecular weight excluding hydrogens is 522 g/mol. The van der Waals surface area contributed by atoms with Crippen LogP contribution >= 0.6 is 0 Å². The van der Waals surface area contributed by atoms with E-state index < -0.39 is 21.6 Å². The van der Waals surface area contributed by atoms with Crippen LogP contribution in [0.3, 0.4) is 0 Å². The maximum atomic E-state index is 13.5. The van der Waals surface area contributed by atoms with Crippen molar-refractivity contribution in [3.8, 4) is 17.2 Å². The van der Waals surface area contributed by atoms with Gasteiger partial charge in [-0.2, -0.15) is 0 Å². The highest BCUT2D eigenvalue weighted by molar-refractivity contribution is 7.92. The van der Waals surface area contributed by atoms with Crippen LogP contribution in [-0.2, 0) is 26.2 Å². The molecule has 0 bridgehead atoms. The summed E-state index contributed by atoms with van der Waals surface area (Å²) in [6, 6.07) is 11.5. The largest absolute Gasteiger partial charge is 0.497 e. The van der Waals surface area contributed by atoms with Crippen LogP contribution in [0.4, 0.5) is 5.69 Å². The lowest BCUT2D eigenvalue weighted by molar-refractivity contribution is -0.141. The molecule has 1 heterocycles. The van der Waals surface area contributed by atoms with Gasteiger partial charge in [0.25, 0.3) is 0 Å². The summed E-state index contributed by atoms with van der Waals surface area (Å²) in [5, 5.41) is 2.94. The highest BCUT2D eigenvalue weighted by Crippen LogP contribution is 2.34. The third kappa shape index (κ3) is 8.51. The number of carbonyl (C=O) groups excluding carboxylic acids is 2. The van der Waals surface area contributed by atoms with Gasteiger partial charge in [-0.05, 0) is 63.9 Å². The Morgan fingerprint density at radius 1 is 1.05 bits per heavy atom. The Bertz CT molecular complexity index is 1260. The maximum Gasteiger partial charge on any atom is 0.242 e. The van der Waals surface area contributed by atoms with Crippen molar-refractivity contribution in [2.24, 2.45) is 0 Å². The summed E-state index contributed by atoms with van der Waals surface area (Å²) in [6.45, 7) is 8.46. The SMILES string of the molecule is COc1ccc(CN(C(=O)CCCN(c2ccc3c(c2)OCCO3)S(C)(=O)=O)[C@@H](C)C(=O)NC(C)(C)C)cc1. The molecule has 0 saturated heterocycles. The first kappa shape index (κ1) is 30.1. The minimum atomic E-state index is -3.63. The van der Waals surface area contributed by atoms with Gasteiger partial charge < -0.3 is 24.4 Å². The smallest absolute Gasteiger partial charge is 0.242 e. The number of methoxy groups -OCH3 is 1. The van der Waals surface area contributed by atoms with Crippen LogP contribution in [0, 0.1) is 0 Å². The van der Waals surface area contributed by atoms with Gasteiger partial charge in [0.1, 0.15) is 25.0 Å². The van der Waals surface area contributed by atoms with Gasteiger partial charge >= 0.3 is 0 Å². The average Bonchev–Trinajstić information content (AvgIpc) is 2.87. The first-order valence-electron chi connectivity index (χ1n) is 12.9. The van der Waals surface area contributed by atoms with E-state index in [1.165, 1.54) is 9.21 Å². The van der Waals surface area contributed by atoms with Gasteiger partial charge in [-0.25, -0.2) is 8.42 Å². The van der Waals surface area contributed by atoms with Crippen molar-refractivity contribution in [2.75, 3.05) is 37.4 Å². The predicted octanol–water partition coefficient (Wildman–Crippen LogP) is 3.34. The molecule has 10 nitrogen and oxygen atoms in total. The lowest BCUT2D eigenvalue weighted by atomic mass is 10.1. The summed E-state index contributed by atoms with van der Waals surface area (Å²) in [5.74, 6) is 1.21. The monoisotopic (exact) mass is 561 g/mol. The third-order valence-electron chi connectivity index (χ3n) is 6.14. The van der Waals surface area contributed by atoms with Crippen LogP contribution in [0.25, 0.3) is 0 Å². The number of anilines is 1. The fourth-order valence-electron chi connectivity index (χ4n) is 4.18. The van der Waals surface area contributed by atoms with E-state index in [-0.39, 0.29) is 37.7 Å². The molecular formula is C28H39N3O7S. The molecule has 2 aromatic rings. The van der Waals surface area contributed by atoms with Gasteiger partial charge in [0, 0.05) is 31.1 Å². The summed E-state index contributed by atoms with van der Waals surface area (Å²) in [5.41, 5.74) is 0.815. The summed E-state index contributed by atoms with van der Waals surface area (Å²) in [7, 11) is -2.05. The Labute approximate surface area is 231 Å². The molecule has 0 saturated carbocycles. The lowest BCUT2D eigenvalue weighted by Gasteiger charge is -2.32. The Morgan fingerprint density at radius 2 is 1.69 bits per heavy atom. The predicted molar refractivity (Wildman–Crippen MR) is 150 cm³/mol. The van der Waals surface area contributed by atoms with Crippen molar-refractivity contribution in [3.05, 3.63) is 48.0 Å². The van der Waals surface area contributed by atoms with E-state index in [0.717, 1.165) is 11.8 Å². The number of carbonyl (C=O) groups is 2. The Kier molecular flexibility index (Phi) is 9.71. The number of hydrogen-bond acceptors (Lipinski definition) is 7. The normalized spacial score (nSPS) is 13.8. The minimum Gasteiger partial charge on any atom is -0.497 e. The van der Waals surface area contributed by atoms with Gasteiger partial charge in [-0.15, -0.1) is 0 Å². The zero-order chi connectivity index (χ0) is 28.8. The molecule has 11 heteroatoms. The number of sulfonamides is 1. The first-order chi connectivity index (χ1) is 18.3. The van der Waals surface area contributed by atoms with E-state index in [0.29, 0.717) is 36.1 Å². The molecule has 3 rings (SSSR count). The van der Waals surface area contributed by atoms with Gasteiger partial charge in [0.05, 0.1) is 19.1 Å². The van der Waals surface area contributed by atoms with Crippen LogP contribution in [0.5, 0.6) is 17.2 Å². The average molecular weight is 562 g/mol. The van der Waals surface area contributed by atoms with Crippen LogP contribution in [0.15, 0.2) is 42.5 Å². The Hall–Kier alpha value is -3.47. The molecule has 2 amide bonds. The molecule has 1 N–H and O–H groups in total. The number of rotatable bonds is 11. The summed E-state index contributed by atoms with van der Waals surface area (Å²) in [6.07, 6.45) is 1.44. The molecule has 0 radical (unpaired) electrons. The number of hydrogen-bond donors (Lipinski definition) is 1. The van der Waals surface area contributed by atoms with E-state index >= 15 is 0 Å². The third-order valence-corrected chi connectivity index (χ3v) is 7.34. The number of ether oxygens (including phenoxy) is 3. The van der Waals surface area contributed by atoms with E-state index in [9.17, 15) is 18.0 Å². The van der Waals surface area contributed by atoms with Crippen LogP contribution < -0.4 is 23.8 Å². The molecule has 1 atom stereocenters. The summed E-state index contributed by atoms with van der Waals surface area (Å²) >= 11 is 0. The van der Waals surface area contributed by atoms with Crippen molar-refractivity contribution in [1.82, 2.24) is 10.2 Å². The summed E-state index contributed by atoms with van der Waals surface area (Å²) < 4.78 is 42.9. The minimum absolute atomic E-state index is 0.0554. The van der Waals surface area contributed by atoms with E-state index in [1.807, 2.05) is 32.9 Å². The van der Waals surface area contributed by atoms with Crippen molar-refractivity contribution in [3.63, 3.8) is 0 Å². The van der Waals surface area contributed by atoms with Crippen molar-refractivity contribution in [1.29, 1.82) is 0 Å². The molecule has 214 valence electrons. The van der Waals surface area contributed by atoms with Crippen molar-refractivity contribution < 1.29 is 32.2 Å². The number of nitrogens with zero attached hydrogens (tertiary/aromatic N) is 2. The highest BCUT2D eigenvalue weighted by Gasteiger charge is 2.29. The lowest BCUT2D eigenvalue weighted by Crippen LogP contribution is -2.52. The molecule has 0 unspecified atom stereocenters. The van der Waals surface area contributed by atoms with Crippen LogP contribution in [0.1, 0.15) is 46.1 Å². The zero-order valence-corrected chi connectivity index (χ0v) is 24.3. The fourth-order valence-corrected chi connectivity index (χ4v) is 5.13. The topological polar surface area (TPSA) is 114 Å². The second-order valence-electron chi connectivity index (χ2n) is 10.6. The first-order valence-corrected chi connectivity index (χ1v) is 14.7. The van der Waals surface area contributed by atoms with Crippen molar-refractivity contribution >= 4 is 27.5 Å². The molecule has 39 heavy (non-hydrogen) atoms. The van der Waals surface area contributed by atoms with Crippen molar-refractivity contribution in [2.45, 2.75) is 58.7 Å². The second kappa shape index (κ2) is 12.6. The molecule has 0 aliphatic carbocycles. The molecule has 0 fully saturated rings. The standard InChI is InChI=1S/C28H39N3O7S/c1-20(27(33)29-28(2,3)4)30(19-21-9-12-23(36-5)13-10-21)26(32)8-7-15-31(39(6,34)35)22-11-14-24-25(18-22)38-17-16-37-24/h9-14,18,20H,7-8,15-17,19H2,1-6H3,(H,29,33)/t20-/m0/s1. The number of fused-ring (bicyclic) bond motifs is 1. The van der Waals surface area contributed by atoms with Crippen LogP contribution in [-0.4, -0.2) is 69.8 Å². The Balaban J connectivity index is 1.75. The number of amides is 2. The highest BCUT2D eigenvalue weighted by atomic mass is 32.2. The second-order valence-corrected chi connectivity index (χ2v) is 12.5. The molecule has 1 aliphatic heterocycles. The quantitative estimate of drug-likeness (QED) is 0.448. The number of nitrogens with one attached hydrogen (secondary N) is 1. The van der Waals surface area contributed by atoms with Gasteiger partial charge in [0.2, 0.25) is 21.8 Å². The van der Waals surface area contributed by atoms with E-state index in [4.69, 9.17) is 14.2 Å².